The Balaban J connectivity index is 2.65. The molecule has 1 aromatic heterocycles. The van der Waals surface area contributed by atoms with Crippen molar-refractivity contribution in [2.75, 3.05) is 27.3 Å². The number of nitrogens with zero attached hydrogens (tertiary/aromatic N) is 2. The summed E-state index contributed by atoms with van der Waals surface area (Å²) in [6, 6.07) is 2.44. The van der Waals surface area contributed by atoms with Gasteiger partial charge in [-0.1, -0.05) is 15.9 Å². The minimum absolute atomic E-state index is 0.0126. The second kappa shape index (κ2) is 6.50. The minimum atomic E-state index is -0.686. The predicted octanol–water partition coefficient (Wildman–Crippen LogP) is 1.67. The van der Waals surface area contributed by atoms with Gasteiger partial charge in [-0.05, 0) is 6.07 Å². The molecule has 1 heterocycles. The van der Waals surface area contributed by atoms with Crippen LogP contribution in [-0.2, 0) is 4.74 Å². The molecule has 0 aliphatic carbocycles. The largest absolute Gasteiger partial charge is 0.433 e. The van der Waals surface area contributed by atoms with Crippen LogP contribution in [-0.4, -0.2) is 47.9 Å². The summed E-state index contributed by atoms with van der Waals surface area (Å²) in [5.74, 6) is -0.913. The average Bonchev–Trinajstić information content (AvgIpc) is 2.77. The summed E-state index contributed by atoms with van der Waals surface area (Å²) >= 11 is 3.35. The normalized spacial score (nSPS) is 12.2. The van der Waals surface area contributed by atoms with E-state index in [2.05, 4.69) is 15.9 Å². The molecular formula is C10H13BrN2O5. The van der Waals surface area contributed by atoms with E-state index < -0.39 is 16.7 Å². The molecule has 0 bridgehead atoms. The summed E-state index contributed by atoms with van der Waals surface area (Å²) in [6.45, 7) is 0.858. The highest BCUT2D eigenvalue weighted by Crippen LogP contribution is 2.17. The smallest absolute Gasteiger partial charge is 0.395 e. The van der Waals surface area contributed by atoms with Crippen molar-refractivity contribution in [2.24, 2.45) is 0 Å². The summed E-state index contributed by atoms with van der Waals surface area (Å²) < 4.78 is 9.76. The number of hydrogen-bond acceptors (Lipinski definition) is 5. The van der Waals surface area contributed by atoms with Crippen LogP contribution < -0.4 is 0 Å². The van der Waals surface area contributed by atoms with Crippen molar-refractivity contribution in [3.05, 3.63) is 28.0 Å². The van der Waals surface area contributed by atoms with Crippen molar-refractivity contribution >= 4 is 27.7 Å². The van der Waals surface area contributed by atoms with E-state index in [0.29, 0.717) is 13.2 Å². The Morgan fingerprint density at radius 2 is 2.33 bits per heavy atom. The number of hydrogen-bond donors (Lipinski definition) is 0. The van der Waals surface area contributed by atoms with E-state index in [-0.39, 0.29) is 10.6 Å². The van der Waals surface area contributed by atoms with Gasteiger partial charge in [0.1, 0.15) is 4.92 Å². The van der Waals surface area contributed by atoms with E-state index in [4.69, 9.17) is 9.15 Å². The quantitative estimate of drug-likeness (QED) is 0.452. The molecule has 18 heavy (non-hydrogen) atoms. The minimum Gasteiger partial charge on any atom is -0.395 e. The van der Waals surface area contributed by atoms with Crippen LogP contribution in [0.1, 0.15) is 10.6 Å². The number of carbonyl (C=O) groups is 1. The molecule has 1 atom stereocenters. The maximum atomic E-state index is 11.9. The van der Waals surface area contributed by atoms with Crippen molar-refractivity contribution in [1.82, 2.24) is 4.90 Å². The molecule has 0 saturated heterocycles. The lowest BCUT2D eigenvalue weighted by Crippen LogP contribution is -2.33. The van der Waals surface area contributed by atoms with Crippen molar-refractivity contribution in [3.63, 3.8) is 0 Å². The summed E-state index contributed by atoms with van der Waals surface area (Å²) in [5.41, 5.74) is 0. The second-order valence-electron chi connectivity index (χ2n) is 3.63. The van der Waals surface area contributed by atoms with Gasteiger partial charge in [-0.15, -0.1) is 0 Å². The number of methoxy groups -OCH3 is 1. The standard InChI is InChI=1S/C10H13BrN2O5/c1-12(5-7(11)6-17-2)10(14)8-3-4-9(18-8)13(15)16/h3-4,7H,5-6H2,1-2H3. The van der Waals surface area contributed by atoms with Crippen molar-refractivity contribution in [3.8, 4) is 0 Å². The van der Waals surface area contributed by atoms with Gasteiger partial charge < -0.3 is 14.1 Å². The summed E-state index contributed by atoms with van der Waals surface area (Å²) in [4.78, 5) is 23.0. The number of amides is 1. The molecule has 1 rings (SSSR count). The van der Waals surface area contributed by atoms with E-state index in [1.807, 2.05) is 0 Å². The first-order valence-electron chi connectivity index (χ1n) is 5.08. The lowest BCUT2D eigenvalue weighted by Gasteiger charge is -2.18. The first-order valence-corrected chi connectivity index (χ1v) is 6.00. The Bertz CT molecular complexity index is 434. The molecule has 1 unspecified atom stereocenters. The number of halogens is 1. The number of furan rings is 1. The van der Waals surface area contributed by atoms with Gasteiger partial charge in [-0.3, -0.25) is 14.9 Å². The van der Waals surface area contributed by atoms with E-state index in [9.17, 15) is 14.9 Å². The molecule has 1 amide bonds. The average molecular weight is 321 g/mol. The van der Waals surface area contributed by atoms with Crippen LogP contribution in [0.25, 0.3) is 0 Å². The Morgan fingerprint density at radius 1 is 1.67 bits per heavy atom. The van der Waals surface area contributed by atoms with Gasteiger partial charge >= 0.3 is 5.88 Å². The zero-order valence-corrected chi connectivity index (χ0v) is 11.5. The van der Waals surface area contributed by atoms with Gasteiger partial charge in [0.15, 0.2) is 5.76 Å². The van der Waals surface area contributed by atoms with Crippen LogP contribution in [0.2, 0.25) is 0 Å². The monoisotopic (exact) mass is 320 g/mol. The molecule has 0 N–H and O–H groups in total. The molecule has 7 nitrogen and oxygen atoms in total. The molecule has 0 spiro atoms. The highest BCUT2D eigenvalue weighted by atomic mass is 79.9. The number of ether oxygens (including phenoxy) is 1. The topological polar surface area (TPSA) is 85.8 Å². The highest BCUT2D eigenvalue weighted by Gasteiger charge is 2.21. The van der Waals surface area contributed by atoms with Gasteiger partial charge in [0.05, 0.1) is 17.5 Å². The van der Waals surface area contributed by atoms with E-state index in [0.717, 1.165) is 6.07 Å². The van der Waals surface area contributed by atoms with Crippen LogP contribution in [0, 0.1) is 10.1 Å². The van der Waals surface area contributed by atoms with Gasteiger partial charge in [-0.25, -0.2) is 0 Å². The second-order valence-corrected chi connectivity index (χ2v) is 4.93. The SMILES string of the molecule is COCC(Br)CN(C)C(=O)c1ccc([N+](=O)[O-])o1. The Kier molecular flexibility index (Phi) is 5.29. The first kappa shape index (κ1) is 14.7. The van der Waals surface area contributed by atoms with E-state index in [1.54, 1.807) is 14.2 Å². The lowest BCUT2D eigenvalue weighted by atomic mass is 10.3. The summed E-state index contributed by atoms with van der Waals surface area (Å²) in [7, 11) is 3.15. The zero-order chi connectivity index (χ0) is 13.7. The van der Waals surface area contributed by atoms with E-state index in [1.165, 1.54) is 11.0 Å². The molecule has 0 aliphatic rings. The third kappa shape index (κ3) is 3.81. The summed E-state index contributed by atoms with van der Waals surface area (Å²) in [5, 5.41) is 10.4. The van der Waals surface area contributed by atoms with Crippen LogP contribution in [0.15, 0.2) is 16.5 Å². The third-order valence-electron chi connectivity index (χ3n) is 2.15. The highest BCUT2D eigenvalue weighted by molar-refractivity contribution is 9.09. The molecular weight excluding hydrogens is 308 g/mol. The Hall–Kier alpha value is -1.41. The molecule has 100 valence electrons. The third-order valence-corrected chi connectivity index (χ3v) is 2.70. The lowest BCUT2D eigenvalue weighted by molar-refractivity contribution is -0.402. The van der Waals surface area contributed by atoms with Gasteiger partial charge in [0.2, 0.25) is 0 Å². The van der Waals surface area contributed by atoms with Crippen LogP contribution in [0.4, 0.5) is 5.88 Å². The van der Waals surface area contributed by atoms with Crippen molar-refractivity contribution in [1.29, 1.82) is 0 Å². The molecule has 0 aromatic carbocycles. The Labute approximate surface area is 112 Å². The number of carbonyl (C=O) groups excluding carboxylic acids is 1. The number of alkyl halides is 1. The van der Waals surface area contributed by atoms with Crippen molar-refractivity contribution in [2.45, 2.75) is 4.83 Å². The number of nitro groups is 1. The maximum Gasteiger partial charge on any atom is 0.433 e. The molecule has 1 aromatic rings. The fourth-order valence-electron chi connectivity index (χ4n) is 1.34. The van der Waals surface area contributed by atoms with E-state index >= 15 is 0 Å². The fraction of sp³-hybridized carbons (Fsp3) is 0.500. The van der Waals surface area contributed by atoms with Gasteiger partial charge in [0, 0.05) is 20.7 Å². The maximum absolute atomic E-state index is 11.9. The molecule has 0 radical (unpaired) electrons. The van der Waals surface area contributed by atoms with Gasteiger partial charge in [0.25, 0.3) is 5.91 Å². The van der Waals surface area contributed by atoms with Gasteiger partial charge in [-0.2, -0.15) is 0 Å². The van der Waals surface area contributed by atoms with Crippen LogP contribution in [0.3, 0.4) is 0 Å². The van der Waals surface area contributed by atoms with Crippen LogP contribution >= 0.6 is 15.9 Å². The predicted molar refractivity (Wildman–Crippen MR) is 66.9 cm³/mol. The zero-order valence-electron chi connectivity index (χ0n) is 9.96. The first-order chi connectivity index (χ1) is 8.45. The molecule has 0 saturated carbocycles. The Morgan fingerprint density at radius 3 is 2.83 bits per heavy atom. The molecule has 8 heteroatoms. The van der Waals surface area contributed by atoms with Crippen LogP contribution in [0.5, 0.6) is 0 Å². The number of rotatable bonds is 6. The van der Waals surface area contributed by atoms with Crippen molar-refractivity contribution < 1.29 is 18.9 Å². The molecule has 0 fully saturated rings. The summed E-state index contributed by atoms with van der Waals surface area (Å²) in [6.07, 6.45) is 0. The molecule has 0 aliphatic heterocycles. The fourth-order valence-corrected chi connectivity index (χ4v) is 2.04.